The molecule has 0 bridgehead atoms. The van der Waals surface area contributed by atoms with Crippen LogP contribution in [-0.2, 0) is 16.0 Å². The number of ether oxygens (including phenoxy) is 2. The number of guanidine groups is 1. The van der Waals surface area contributed by atoms with Gasteiger partial charge in [-0.25, -0.2) is 4.39 Å². The van der Waals surface area contributed by atoms with Gasteiger partial charge in [-0.3, -0.25) is 4.99 Å². The van der Waals surface area contributed by atoms with Crippen LogP contribution in [-0.4, -0.2) is 63.0 Å². The van der Waals surface area contributed by atoms with Crippen LogP contribution in [0.4, 0.5) is 4.39 Å². The molecule has 25 heavy (non-hydrogen) atoms. The first-order valence-electron chi connectivity index (χ1n) is 8.13. The van der Waals surface area contributed by atoms with Gasteiger partial charge in [0, 0.05) is 39.7 Å². The highest BCUT2D eigenvalue weighted by atomic mass is 127. The topological polar surface area (TPSA) is 66.3 Å². The molecule has 142 valence electrons. The monoisotopic (exact) mass is 467 g/mol. The van der Waals surface area contributed by atoms with Crippen molar-refractivity contribution in [2.75, 3.05) is 47.1 Å². The summed E-state index contributed by atoms with van der Waals surface area (Å²) in [6.07, 6.45) is 1.06. The number of nitrogens with zero attached hydrogens (tertiary/aromatic N) is 2. The second kappa shape index (κ2) is 11.5. The Hall–Kier alpha value is -1.13. The number of nitrogens with one attached hydrogen (secondary N) is 1. The van der Waals surface area contributed by atoms with Crippen molar-refractivity contribution in [1.82, 2.24) is 10.2 Å². The number of aliphatic imine (C=N–C) groups is 1. The lowest BCUT2D eigenvalue weighted by Gasteiger charge is -2.22. The standard InChI is InChI=1S/C17H26FN3O3.HI/c1-19-17(20-10-13-3-4-16(22)15(18)9-13)21-6-5-14(11-21)12-24-8-7-23-2;/h3-4,9,14,22H,5-8,10-12H2,1-2H3,(H,19,20);1H. The van der Waals surface area contributed by atoms with Gasteiger partial charge in [0.1, 0.15) is 0 Å². The Kier molecular flexibility index (Phi) is 10.1. The summed E-state index contributed by atoms with van der Waals surface area (Å²) in [6.45, 7) is 4.21. The second-order valence-corrected chi connectivity index (χ2v) is 5.85. The summed E-state index contributed by atoms with van der Waals surface area (Å²) in [6, 6.07) is 4.37. The zero-order valence-electron chi connectivity index (χ0n) is 14.7. The maximum Gasteiger partial charge on any atom is 0.193 e. The van der Waals surface area contributed by atoms with Crippen molar-refractivity contribution in [1.29, 1.82) is 0 Å². The molecule has 1 fully saturated rings. The quantitative estimate of drug-likeness (QED) is 0.279. The molecule has 0 amide bonds. The lowest BCUT2D eigenvalue weighted by molar-refractivity contribution is 0.0536. The number of halogens is 2. The molecular formula is C17H27FIN3O3. The largest absolute Gasteiger partial charge is 0.505 e. The molecule has 1 aromatic carbocycles. The third-order valence-corrected chi connectivity index (χ3v) is 4.05. The first kappa shape index (κ1) is 21.9. The van der Waals surface area contributed by atoms with Crippen LogP contribution in [0.3, 0.4) is 0 Å². The number of methoxy groups -OCH3 is 1. The van der Waals surface area contributed by atoms with Gasteiger partial charge in [0.25, 0.3) is 0 Å². The predicted molar refractivity (Wildman–Crippen MR) is 106 cm³/mol. The van der Waals surface area contributed by atoms with Gasteiger partial charge in [-0.05, 0) is 24.1 Å². The molecule has 0 aliphatic carbocycles. The highest BCUT2D eigenvalue weighted by Gasteiger charge is 2.24. The van der Waals surface area contributed by atoms with Gasteiger partial charge in [-0.2, -0.15) is 0 Å². The van der Waals surface area contributed by atoms with E-state index in [2.05, 4.69) is 15.2 Å². The molecule has 8 heteroatoms. The van der Waals surface area contributed by atoms with E-state index in [1.54, 1.807) is 20.2 Å². The number of phenolic OH excluding ortho intramolecular Hbond substituents is 1. The van der Waals surface area contributed by atoms with Gasteiger partial charge in [0.05, 0.1) is 19.8 Å². The number of likely N-dealkylation sites (tertiary alicyclic amines) is 1. The first-order chi connectivity index (χ1) is 11.6. The molecule has 6 nitrogen and oxygen atoms in total. The Balaban J connectivity index is 0.00000312. The van der Waals surface area contributed by atoms with Crippen LogP contribution in [0, 0.1) is 11.7 Å². The lowest BCUT2D eigenvalue weighted by atomic mass is 10.1. The first-order valence-corrected chi connectivity index (χ1v) is 8.13. The lowest BCUT2D eigenvalue weighted by Crippen LogP contribution is -2.39. The van der Waals surface area contributed by atoms with Crippen LogP contribution < -0.4 is 5.32 Å². The zero-order chi connectivity index (χ0) is 17.4. The molecule has 1 aliphatic heterocycles. The van der Waals surface area contributed by atoms with Gasteiger partial charge in [-0.1, -0.05) is 6.07 Å². The number of phenols is 1. The van der Waals surface area contributed by atoms with Crippen LogP contribution in [0.1, 0.15) is 12.0 Å². The molecule has 1 aromatic rings. The maximum atomic E-state index is 13.4. The minimum absolute atomic E-state index is 0. The fourth-order valence-corrected chi connectivity index (χ4v) is 2.73. The van der Waals surface area contributed by atoms with Gasteiger partial charge in [0.2, 0.25) is 0 Å². The van der Waals surface area contributed by atoms with Gasteiger partial charge < -0.3 is 24.8 Å². The number of benzene rings is 1. The normalized spacial score (nSPS) is 17.5. The highest BCUT2D eigenvalue weighted by molar-refractivity contribution is 14.0. The summed E-state index contributed by atoms with van der Waals surface area (Å²) in [5, 5.41) is 12.5. The fraction of sp³-hybridized carbons (Fsp3) is 0.588. The van der Waals surface area contributed by atoms with E-state index < -0.39 is 5.82 Å². The van der Waals surface area contributed by atoms with Crippen LogP contribution in [0.25, 0.3) is 0 Å². The molecule has 0 spiro atoms. The van der Waals surface area contributed by atoms with E-state index >= 15 is 0 Å². The van der Waals surface area contributed by atoms with Crippen LogP contribution in [0.2, 0.25) is 0 Å². The van der Waals surface area contributed by atoms with Crippen LogP contribution in [0.5, 0.6) is 5.75 Å². The Morgan fingerprint density at radius 3 is 2.92 bits per heavy atom. The maximum absolute atomic E-state index is 13.4. The third kappa shape index (κ3) is 6.95. The molecule has 0 saturated carbocycles. The van der Waals surface area contributed by atoms with Crippen molar-refractivity contribution in [3.63, 3.8) is 0 Å². The molecule has 0 radical (unpaired) electrons. The van der Waals surface area contributed by atoms with E-state index in [1.807, 2.05) is 0 Å². The molecule has 1 atom stereocenters. The van der Waals surface area contributed by atoms with E-state index in [-0.39, 0.29) is 29.7 Å². The van der Waals surface area contributed by atoms with E-state index in [9.17, 15) is 9.50 Å². The summed E-state index contributed by atoms with van der Waals surface area (Å²) in [5.41, 5.74) is 0.755. The summed E-state index contributed by atoms with van der Waals surface area (Å²) >= 11 is 0. The molecule has 2 rings (SSSR count). The Morgan fingerprint density at radius 2 is 2.24 bits per heavy atom. The van der Waals surface area contributed by atoms with Crippen LogP contribution >= 0.6 is 24.0 Å². The predicted octanol–water partition coefficient (Wildman–Crippen LogP) is 2.21. The minimum Gasteiger partial charge on any atom is -0.505 e. The highest BCUT2D eigenvalue weighted by Crippen LogP contribution is 2.18. The van der Waals surface area contributed by atoms with Gasteiger partial charge in [-0.15, -0.1) is 24.0 Å². The van der Waals surface area contributed by atoms with Crippen LogP contribution in [0.15, 0.2) is 23.2 Å². The molecule has 1 unspecified atom stereocenters. The number of hydrogen-bond donors (Lipinski definition) is 2. The average molecular weight is 467 g/mol. The molecule has 1 heterocycles. The van der Waals surface area contributed by atoms with Gasteiger partial charge >= 0.3 is 0 Å². The second-order valence-electron chi connectivity index (χ2n) is 5.85. The average Bonchev–Trinajstić information content (AvgIpc) is 3.04. The van der Waals surface area contributed by atoms with Crippen molar-refractivity contribution in [3.8, 4) is 5.75 Å². The molecule has 1 aliphatic rings. The van der Waals surface area contributed by atoms with E-state index in [0.717, 1.165) is 37.6 Å². The SMILES string of the molecule is CN=C(NCc1ccc(O)c(F)c1)N1CCC(COCCOC)C1.I. The van der Waals surface area contributed by atoms with E-state index in [0.29, 0.717) is 25.7 Å². The smallest absolute Gasteiger partial charge is 0.193 e. The molecule has 1 saturated heterocycles. The van der Waals surface area contributed by atoms with Crippen molar-refractivity contribution >= 4 is 29.9 Å². The zero-order valence-corrected chi connectivity index (χ0v) is 17.0. The summed E-state index contributed by atoms with van der Waals surface area (Å²) in [5.74, 6) is 0.326. The Bertz CT molecular complexity index is 560. The summed E-state index contributed by atoms with van der Waals surface area (Å²) in [7, 11) is 3.40. The molecular weight excluding hydrogens is 440 g/mol. The third-order valence-electron chi connectivity index (χ3n) is 4.05. The van der Waals surface area contributed by atoms with E-state index in [4.69, 9.17) is 9.47 Å². The summed E-state index contributed by atoms with van der Waals surface area (Å²) in [4.78, 5) is 6.48. The molecule has 2 N–H and O–H groups in total. The van der Waals surface area contributed by atoms with Crippen molar-refractivity contribution in [3.05, 3.63) is 29.6 Å². The van der Waals surface area contributed by atoms with Crippen molar-refractivity contribution < 1.29 is 19.0 Å². The minimum atomic E-state index is -0.612. The fourth-order valence-electron chi connectivity index (χ4n) is 2.73. The van der Waals surface area contributed by atoms with Crippen molar-refractivity contribution in [2.45, 2.75) is 13.0 Å². The number of rotatable bonds is 7. The molecule has 0 aromatic heterocycles. The number of hydrogen-bond acceptors (Lipinski definition) is 4. The Labute approximate surface area is 165 Å². The van der Waals surface area contributed by atoms with Gasteiger partial charge in [0.15, 0.2) is 17.5 Å². The van der Waals surface area contributed by atoms with Crippen molar-refractivity contribution in [2.24, 2.45) is 10.9 Å². The summed E-state index contributed by atoms with van der Waals surface area (Å²) < 4.78 is 23.9. The number of aromatic hydroxyl groups is 1. The van der Waals surface area contributed by atoms with E-state index in [1.165, 1.54) is 12.1 Å². The Morgan fingerprint density at radius 1 is 1.44 bits per heavy atom.